The van der Waals surface area contributed by atoms with Gasteiger partial charge in [0, 0.05) is 5.92 Å². The standard InChI is InChI=1S/C18H18F3NO2/c19-18(20,21)24-16-11-5-4-10-15(16)23-17-14(9-6-12-22-17)13-7-2-1-3-8-13/h1-5,7-8,10-11,14,17,22H,6,9,12H2. The molecule has 24 heavy (non-hydrogen) atoms. The van der Waals surface area contributed by atoms with E-state index in [0.29, 0.717) is 0 Å². The maximum absolute atomic E-state index is 12.5. The van der Waals surface area contributed by atoms with Crippen molar-refractivity contribution in [2.24, 2.45) is 0 Å². The number of para-hydroxylation sites is 2. The van der Waals surface area contributed by atoms with Crippen molar-refractivity contribution in [3.63, 3.8) is 0 Å². The summed E-state index contributed by atoms with van der Waals surface area (Å²) in [4.78, 5) is 0. The molecule has 1 N–H and O–H groups in total. The van der Waals surface area contributed by atoms with Crippen LogP contribution in [0.4, 0.5) is 13.2 Å². The Morgan fingerprint density at radius 2 is 1.58 bits per heavy atom. The highest BCUT2D eigenvalue weighted by Crippen LogP contribution is 2.35. The monoisotopic (exact) mass is 337 g/mol. The highest BCUT2D eigenvalue weighted by Gasteiger charge is 2.34. The Morgan fingerprint density at radius 3 is 2.29 bits per heavy atom. The molecule has 3 rings (SSSR count). The van der Waals surface area contributed by atoms with Gasteiger partial charge in [-0.05, 0) is 37.1 Å². The Morgan fingerprint density at radius 1 is 0.917 bits per heavy atom. The molecule has 3 nitrogen and oxygen atoms in total. The lowest BCUT2D eigenvalue weighted by Gasteiger charge is -2.33. The van der Waals surface area contributed by atoms with Crippen LogP contribution in [0.25, 0.3) is 0 Å². The van der Waals surface area contributed by atoms with E-state index in [9.17, 15) is 13.2 Å². The second-order valence-corrected chi connectivity index (χ2v) is 5.65. The van der Waals surface area contributed by atoms with Gasteiger partial charge in [0.15, 0.2) is 17.7 Å². The number of benzene rings is 2. The van der Waals surface area contributed by atoms with Gasteiger partial charge in [0.05, 0.1) is 0 Å². The molecular weight excluding hydrogens is 319 g/mol. The molecule has 6 heteroatoms. The van der Waals surface area contributed by atoms with Gasteiger partial charge in [-0.15, -0.1) is 13.2 Å². The molecule has 1 aliphatic heterocycles. The summed E-state index contributed by atoms with van der Waals surface area (Å²) >= 11 is 0. The maximum atomic E-state index is 12.5. The van der Waals surface area contributed by atoms with Crippen LogP contribution in [0.2, 0.25) is 0 Å². The predicted octanol–water partition coefficient (Wildman–Crippen LogP) is 4.46. The molecule has 0 amide bonds. The molecule has 0 bridgehead atoms. The van der Waals surface area contributed by atoms with E-state index in [0.717, 1.165) is 24.9 Å². The van der Waals surface area contributed by atoms with E-state index >= 15 is 0 Å². The number of nitrogens with one attached hydrogen (secondary N) is 1. The van der Waals surface area contributed by atoms with Crippen molar-refractivity contribution < 1.29 is 22.6 Å². The first-order valence-electron chi connectivity index (χ1n) is 7.83. The third-order valence-corrected chi connectivity index (χ3v) is 3.96. The zero-order valence-electron chi connectivity index (χ0n) is 12.9. The number of ether oxygens (including phenoxy) is 2. The average Bonchev–Trinajstić information content (AvgIpc) is 2.57. The summed E-state index contributed by atoms with van der Waals surface area (Å²) in [5, 5.41) is 3.25. The first-order chi connectivity index (χ1) is 11.5. The van der Waals surface area contributed by atoms with Gasteiger partial charge in [0.25, 0.3) is 0 Å². The predicted molar refractivity (Wildman–Crippen MR) is 84.0 cm³/mol. The van der Waals surface area contributed by atoms with Crippen molar-refractivity contribution in [3.05, 3.63) is 60.2 Å². The molecule has 0 aliphatic carbocycles. The van der Waals surface area contributed by atoms with Gasteiger partial charge in [0.2, 0.25) is 0 Å². The van der Waals surface area contributed by atoms with Crippen molar-refractivity contribution in [2.75, 3.05) is 6.54 Å². The fourth-order valence-corrected chi connectivity index (χ4v) is 2.92. The van der Waals surface area contributed by atoms with Crippen molar-refractivity contribution in [1.82, 2.24) is 5.32 Å². The highest BCUT2D eigenvalue weighted by molar-refractivity contribution is 5.40. The number of alkyl halides is 3. The van der Waals surface area contributed by atoms with Gasteiger partial charge < -0.3 is 9.47 Å². The van der Waals surface area contributed by atoms with E-state index in [2.05, 4.69) is 10.1 Å². The average molecular weight is 337 g/mol. The molecule has 1 fully saturated rings. The van der Waals surface area contributed by atoms with Gasteiger partial charge in [0.1, 0.15) is 0 Å². The summed E-state index contributed by atoms with van der Waals surface area (Å²) in [6.07, 6.45) is -3.26. The minimum absolute atomic E-state index is 0.0684. The first kappa shape index (κ1) is 16.6. The van der Waals surface area contributed by atoms with Crippen LogP contribution in [0.1, 0.15) is 24.3 Å². The van der Waals surface area contributed by atoms with Gasteiger partial charge in [-0.25, -0.2) is 0 Å². The van der Waals surface area contributed by atoms with Crippen LogP contribution in [-0.4, -0.2) is 19.1 Å². The zero-order valence-corrected chi connectivity index (χ0v) is 12.9. The molecule has 2 aromatic carbocycles. The van der Waals surface area contributed by atoms with Crippen molar-refractivity contribution in [1.29, 1.82) is 0 Å². The summed E-state index contributed by atoms with van der Waals surface area (Å²) in [7, 11) is 0. The van der Waals surface area contributed by atoms with Crippen LogP contribution in [0, 0.1) is 0 Å². The number of halogens is 3. The molecule has 2 aromatic rings. The third kappa shape index (κ3) is 4.20. The second-order valence-electron chi connectivity index (χ2n) is 5.65. The SMILES string of the molecule is FC(F)(F)Oc1ccccc1OC1NCCCC1c1ccccc1. The Kier molecular flexibility index (Phi) is 4.94. The van der Waals surface area contributed by atoms with Gasteiger partial charge in [-0.2, -0.15) is 0 Å². The Hall–Kier alpha value is -2.21. The minimum atomic E-state index is -4.75. The van der Waals surface area contributed by atoms with E-state index in [-0.39, 0.29) is 17.4 Å². The van der Waals surface area contributed by atoms with Crippen molar-refractivity contribution in [3.8, 4) is 11.5 Å². The minimum Gasteiger partial charge on any atom is -0.471 e. The van der Waals surface area contributed by atoms with E-state index in [1.54, 1.807) is 6.07 Å². The quantitative estimate of drug-likeness (QED) is 0.894. The lowest BCUT2D eigenvalue weighted by molar-refractivity contribution is -0.275. The molecule has 128 valence electrons. The molecule has 0 saturated carbocycles. The van der Waals surface area contributed by atoms with Gasteiger partial charge in [-0.3, -0.25) is 5.32 Å². The molecule has 2 atom stereocenters. The van der Waals surface area contributed by atoms with Gasteiger partial charge >= 0.3 is 6.36 Å². The van der Waals surface area contributed by atoms with E-state index in [1.807, 2.05) is 30.3 Å². The summed E-state index contributed by atoms with van der Waals surface area (Å²) in [6.45, 7) is 0.760. The normalized spacial score (nSPS) is 21.3. The fourth-order valence-electron chi connectivity index (χ4n) is 2.92. The van der Waals surface area contributed by atoms with E-state index in [1.165, 1.54) is 18.2 Å². The zero-order chi connectivity index (χ0) is 17.0. The van der Waals surface area contributed by atoms with E-state index < -0.39 is 12.6 Å². The number of hydrogen-bond acceptors (Lipinski definition) is 3. The highest BCUT2D eigenvalue weighted by atomic mass is 19.4. The van der Waals surface area contributed by atoms with Crippen LogP contribution in [0.5, 0.6) is 11.5 Å². The number of piperidine rings is 1. The molecule has 0 spiro atoms. The Bertz CT molecular complexity index is 661. The summed E-state index contributed by atoms with van der Waals surface area (Å²) in [5.41, 5.74) is 1.10. The number of rotatable bonds is 4. The molecule has 0 aromatic heterocycles. The lowest BCUT2D eigenvalue weighted by atomic mass is 9.90. The maximum Gasteiger partial charge on any atom is 0.573 e. The largest absolute Gasteiger partial charge is 0.573 e. The van der Waals surface area contributed by atoms with Crippen molar-refractivity contribution in [2.45, 2.75) is 31.3 Å². The summed E-state index contributed by atoms with van der Waals surface area (Å²) < 4.78 is 47.6. The molecule has 1 aliphatic rings. The number of hydrogen-bond donors (Lipinski definition) is 1. The molecular formula is C18H18F3NO2. The third-order valence-electron chi connectivity index (χ3n) is 3.96. The van der Waals surface area contributed by atoms with E-state index in [4.69, 9.17) is 4.74 Å². The van der Waals surface area contributed by atoms with Gasteiger partial charge in [-0.1, -0.05) is 42.5 Å². The van der Waals surface area contributed by atoms with Crippen LogP contribution < -0.4 is 14.8 Å². The smallest absolute Gasteiger partial charge is 0.471 e. The van der Waals surface area contributed by atoms with Crippen LogP contribution in [0.15, 0.2) is 54.6 Å². The van der Waals surface area contributed by atoms with Crippen LogP contribution >= 0.6 is 0 Å². The fraction of sp³-hybridized carbons (Fsp3) is 0.333. The van der Waals surface area contributed by atoms with Crippen molar-refractivity contribution >= 4 is 0 Å². The second kappa shape index (κ2) is 7.13. The topological polar surface area (TPSA) is 30.5 Å². The molecule has 1 heterocycles. The Labute approximate surface area is 138 Å². The summed E-state index contributed by atoms with van der Waals surface area (Å²) in [6, 6.07) is 15.7. The molecule has 0 radical (unpaired) electrons. The first-order valence-corrected chi connectivity index (χ1v) is 7.83. The van der Waals surface area contributed by atoms with Crippen LogP contribution in [0.3, 0.4) is 0 Å². The summed E-state index contributed by atoms with van der Waals surface area (Å²) in [5.74, 6) is -0.182. The molecule has 1 saturated heterocycles. The Balaban J connectivity index is 1.81. The molecule has 2 unspecified atom stereocenters. The van der Waals surface area contributed by atoms with Crippen LogP contribution in [-0.2, 0) is 0 Å². The lowest BCUT2D eigenvalue weighted by Crippen LogP contribution is -2.44.